The first-order valence-corrected chi connectivity index (χ1v) is 5.83. The Morgan fingerprint density at radius 1 is 1.53 bits per heavy atom. The van der Waals surface area contributed by atoms with Crippen LogP contribution in [0, 0.1) is 0 Å². The summed E-state index contributed by atoms with van der Waals surface area (Å²) in [4.78, 5) is 15.4. The van der Waals surface area contributed by atoms with Crippen LogP contribution < -0.4 is 11.1 Å². The molecule has 19 heavy (non-hydrogen) atoms. The number of aromatic nitrogens is 2. The normalized spacial score (nSPS) is 11.6. The van der Waals surface area contributed by atoms with Crippen LogP contribution in [0.4, 0.5) is 0 Å². The summed E-state index contributed by atoms with van der Waals surface area (Å²) in [6, 6.07) is 1.74. The van der Waals surface area contributed by atoms with E-state index in [4.69, 9.17) is 14.7 Å². The number of hydrogen-bond acceptors (Lipinski definition) is 6. The lowest BCUT2D eigenvalue weighted by Crippen LogP contribution is -2.40. The van der Waals surface area contributed by atoms with Gasteiger partial charge in [-0.1, -0.05) is 5.16 Å². The smallest absolute Gasteiger partial charge is 0.261 e. The van der Waals surface area contributed by atoms with E-state index in [0.29, 0.717) is 29.6 Å². The van der Waals surface area contributed by atoms with E-state index in [1.807, 2.05) is 0 Å². The van der Waals surface area contributed by atoms with Gasteiger partial charge in [0.2, 0.25) is 5.91 Å². The van der Waals surface area contributed by atoms with Gasteiger partial charge in [-0.15, -0.1) is 0 Å². The summed E-state index contributed by atoms with van der Waals surface area (Å²) in [5.74, 6) is 1.20. The molecule has 0 bridgehead atoms. The molecule has 7 heteroatoms. The van der Waals surface area contributed by atoms with Crippen molar-refractivity contribution in [1.82, 2.24) is 15.5 Å². The largest absolute Gasteiger partial charge is 0.467 e. The van der Waals surface area contributed by atoms with E-state index in [0.717, 1.165) is 0 Å². The molecule has 3 N–H and O–H groups in total. The maximum atomic E-state index is 11.1. The molecule has 0 spiro atoms. The third-order valence-corrected chi connectivity index (χ3v) is 2.58. The van der Waals surface area contributed by atoms with Gasteiger partial charge in [-0.05, 0) is 19.9 Å². The number of nitrogens with two attached hydrogens (primary N) is 1. The summed E-state index contributed by atoms with van der Waals surface area (Å²) in [6.45, 7) is 5.33. The van der Waals surface area contributed by atoms with Gasteiger partial charge in [-0.3, -0.25) is 4.79 Å². The molecule has 2 rings (SSSR count). The molecule has 0 radical (unpaired) electrons. The Labute approximate surface area is 110 Å². The van der Waals surface area contributed by atoms with Crippen LogP contribution in [-0.2, 0) is 16.9 Å². The summed E-state index contributed by atoms with van der Waals surface area (Å²) < 4.78 is 10.4. The highest BCUT2D eigenvalue weighted by Crippen LogP contribution is 2.23. The molecule has 2 aromatic rings. The molecule has 2 aromatic heterocycles. The molecule has 0 aliphatic carbocycles. The molecule has 2 heterocycles. The highest BCUT2D eigenvalue weighted by Gasteiger charge is 2.28. The van der Waals surface area contributed by atoms with Crippen LogP contribution in [0.3, 0.4) is 0 Å². The Morgan fingerprint density at radius 3 is 2.84 bits per heavy atom. The number of carbonyl (C=O) groups excluding carboxylic acids is 1. The fourth-order valence-corrected chi connectivity index (χ4v) is 1.69. The second kappa shape index (κ2) is 4.85. The summed E-state index contributed by atoms with van der Waals surface area (Å²) in [6.07, 6.45) is 1.50. The molecule has 0 aromatic carbocycles. The van der Waals surface area contributed by atoms with Crippen molar-refractivity contribution in [3.8, 4) is 11.5 Å². The summed E-state index contributed by atoms with van der Waals surface area (Å²) in [7, 11) is 0. The van der Waals surface area contributed by atoms with Crippen molar-refractivity contribution in [1.29, 1.82) is 0 Å². The Bertz CT molecular complexity index is 585. The van der Waals surface area contributed by atoms with Gasteiger partial charge >= 0.3 is 0 Å². The highest BCUT2D eigenvalue weighted by molar-refractivity contribution is 5.73. The molecule has 0 fully saturated rings. The Balaban J connectivity index is 2.25. The Kier molecular flexibility index (Phi) is 3.39. The maximum Gasteiger partial charge on any atom is 0.261 e. The van der Waals surface area contributed by atoms with Gasteiger partial charge in [0.15, 0.2) is 5.82 Å². The number of amides is 1. The van der Waals surface area contributed by atoms with Crippen molar-refractivity contribution in [2.75, 3.05) is 0 Å². The minimum atomic E-state index is -0.700. The minimum Gasteiger partial charge on any atom is -0.467 e. The summed E-state index contributed by atoms with van der Waals surface area (Å²) in [5.41, 5.74) is 5.43. The molecule has 1 amide bonds. The molecule has 0 saturated carbocycles. The van der Waals surface area contributed by atoms with Gasteiger partial charge in [0.1, 0.15) is 12.0 Å². The Morgan fingerprint density at radius 2 is 2.26 bits per heavy atom. The molecule has 0 aliphatic rings. The minimum absolute atomic E-state index is 0.162. The average Bonchev–Trinajstić information content (AvgIpc) is 2.96. The van der Waals surface area contributed by atoms with E-state index >= 15 is 0 Å². The van der Waals surface area contributed by atoms with Crippen molar-refractivity contribution in [2.45, 2.75) is 32.9 Å². The zero-order chi connectivity index (χ0) is 14.0. The Hall–Kier alpha value is -2.15. The lowest BCUT2D eigenvalue weighted by Gasteiger charge is -2.20. The van der Waals surface area contributed by atoms with Crippen LogP contribution in [0.1, 0.15) is 32.4 Å². The van der Waals surface area contributed by atoms with Crippen LogP contribution in [0.15, 0.2) is 21.3 Å². The monoisotopic (exact) mass is 264 g/mol. The number of nitrogens with zero attached hydrogens (tertiary/aromatic N) is 2. The maximum absolute atomic E-state index is 11.1. The lowest BCUT2D eigenvalue weighted by molar-refractivity contribution is -0.120. The zero-order valence-electron chi connectivity index (χ0n) is 11.1. The number of rotatable bonds is 4. The first kappa shape index (κ1) is 13.3. The quantitative estimate of drug-likeness (QED) is 0.858. The fraction of sp³-hybridized carbons (Fsp3) is 0.417. The number of carbonyl (C=O) groups is 1. The molecule has 0 atom stereocenters. The SMILES string of the molecule is CC(=O)NC(C)(C)c1noc(-c2coc(CN)c2)n1. The molecule has 0 aliphatic heterocycles. The molecular weight excluding hydrogens is 248 g/mol. The van der Waals surface area contributed by atoms with Crippen molar-refractivity contribution < 1.29 is 13.7 Å². The van der Waals surface area contributed by atoms with E-state index in [9.17, 15) is 4.79 Å². The highest BCUT2D eigenvalue weighted by atomic mass is 16.5. The number of furan rings is 1. The predicted octanol–water partition coefficient (Wildman–Crippen LogP) is 1.16. The van der Waals surface area contributed by atoms with Gasteiger partial charge in [0.05, 0.1) is 17.6 Å². The van der Waals surface area contributed by atoms with Crippen LogP contribution in [0.25, 0.3) is 11.5 Å². The van der Waals surface area contributed by atoms with Crippen LogP contribution >= 0.6 is 0 Å². The van der Waals surface area contributed by atoms with Crippen molar-refractivity contribution >= 4 is 5.91 Å². The van der Waals surface area contributed by atoms with Gasteiger partial charge in [0, 0.05) is 6.92 Å². The lowest BCUT2D eigenvalue weighted by atomic mass is 10.1. The molecular formula is C12H16N4O3. The molecule has 0 saturated heterocycles. The van der Waals surface area contributed by atoms with Crippen LogP contribution in [0.5, 0.6) is 0 Å². The standard InChI is InChI=1S/C12H16N4O3/c1-7(17)15-12(2,3)11-14-10(19-16-11)8-4-9(5-13)18-6-8/h4,6H,5,13H2,1-3H3,(H,15,17). The second-order valence-electron chi connectivity index (χ2n) is 4.74. The van der Waals surface area contributed by atoms with Gasteiger partial charge in [-0.25, -0.2) is 0 Å². The van der Waals surface area contributed by atoms with Crippen molar-refractivity contribution in [3.05, 3.63) is 23.9 Å². The van der Waals surface area contributed by atoms with E-state index in [2.05, 4.69) is 15.5 Å². The molecule has 0 unspecified atom stereocenters. The number of nitrogens with one attached hydrogen (secondary N) is 1. The van der Waals surface area contributed by atoms with Gasteiger partial charge in [-0.2, -0.15) is 4.98 Å². The first-order chi connectivity index (χ1) is 8.92. The third-order valence-electron chi connectivity index (χ3n) is 2.58. The van der Waals surface area contributed by atoms with Gasteiger partial charge < -0.3 is 20.0 Å². The molecule has 102 valence electrons. The van der Waals surface area contributed by atoms with E-state index in [1.54, 1.807) is 19.9 Å². The average molecular weight is 264 g/mol. The molecule has 7 nitrogen and oxygen atoms in total. The van der Waals surface area contributed by atoms with E-state index < -0.39 is 5.54 Å². The van der Waals surface area contributed by atoms with Gasteiger partial charge in [0.25, 0.3) is 5.89 Å². The topological polar surface area (TPSA) is 107 Å². The van der Waals surface area contributed by atoms with E-state index in [-0.39, 0.29) is 5.91 Å². The first-order valence-electron chi connectivity index (χ1n) is 5.83. The van der Waals surface area contributed by atoms with E-state index in [1.165, 1.54) is 13.2 Å². The van der Waals surface area contributed by atoms with Crippen LogP contribution in [0.2, 0.25) is 0 Å². The second-order valence-corrected chi connectivity index (χ2v) is 4.74. The summed E-state index contributed by atoms with van der Waals surface area (Å²) >= 11 is 0. The van der Waals surface area contributed by atoms with Crippen molar-refractivity contribution in [2.24, 2.45) is 5.73 Å². The zero-order valence-corrected chi connectivity index (χ0v) is 11.1. The third kappa shape index (κ3) is 2.82. The number of hydrogen-bond donors (Lipinski definition) is 2. The summed E-state index contributed by atoms with van der Waals surface area (Å²) in [5, 5.41) is 6.63. The van der Waals surface area contributed by atoms with Crippen molar-refractivity contribution in [3.63, 3.8) is 0 Å². The predicted molar refractivity (Wildman–Crippen MR) is 66.7 cm³/mol. The van der Waals surface area contributed by atoms with Crippen LogP contribution in [-0.4, -0.2) is 16.0 Å². The fourth-order valence-electron chi connectivity index (χ4n) is 1.69.